The molecule has 176 valence electrons. The van der Waals surface area contributed by atoms with E-state index in [1.807, 2.05) is 54.6 Å². The molecule has 2 aromatic rings. The fourth-order valence-electron chi connectivity index (χ4n) is 4.73. The fourth-order valence-corrected chi connectivity index (χ4v) is 4.99. The minimum absolute atomic E-state index is 0.115. The van der Waals surface area contributed by atoms with Gasteiger partial charge in [0.25, 0.3) is 0 Å². The SMILES string of the molecule is COC(=O)C12C=C(c3ccc(Br)cc3)OC(c3ccccc3)=C1CC(C(=O)OC)(C(=O)OC)C2. The van der Waals surface area contributed by atoms with Gasteiger partial charge in [0.2, 0.25) is 0 Å². The first-order valence-corrected chi connectivity index (χ1v) is 11.3. The number of methoxy groups -OCH3 is 3. The Morgan fingerprint density at radius 3 is 1.97 bits per heavy atom. The smallest absolute Gasteiger partial charge is 0.323 e. The van der Waals surface area contributed by atoms with Gasteiger partial charge in [0, 0.05) is 22.0 Å². The van der Waals surface area contributed by atoms with Crippen LogP contribution in [0.25, 0.3) is 11.5 Å². The molecule has 0 bridgehead atoms. The van der Waals surface area contributed by atoms with E-state index < -0.39 is 28.7 Å². The Morgan fingerprint density at radius 2 is 1.41 bits per heavy atom. The van der Waals surface area contributed by atoms with Gasteiger partial charge in [0.05, 0.1) is 21.3 Å². The summed E-state index contributed by atoms with van der Waals surface area (Å²) >= 11 is 3.42. The molecule has 0 saturated heterocycles. The van der Waals surface area contributed by atoms with Gasteiger partial charge in [0.15, 0.2) is 5.41 Å². The minimum Gasteiger partial charge on any atom is -0.468 e. The Morgan fingerprint density at radius 1 is 0.824 bits per heavy atom. The Kier molecular flexibility index (Phi) is 6.36. The number of esters is 3. The number of fused-ring (bicyclic) bond motifs is 1. The van der Waals surface area contributed by atoms with Crippen molar-refractivity contribution in [2.24, 2.45) is 10.8 Å². The summed E-state index contributed by atoms with van der Waals surface area (Å²) in [4.78, 5) is 39.4. The number of hydrogen-bond acceptors (Lipinski definition) is 7. The third-order valence-corrected chi connectivity index (χ3v) is 6.86. The quantitative estimate of drug-likeness (QED) is 0.321. The predicted molar refractivity (Wildman–Crippen MR) is 127 cm³/mol. The van der Waals surface area contributed by atoms with Crippen LogP contribution >= 0.6 is 15.9 Å². The molecule has 0 N–H and O–H groups in total. The van der Waals surface area contributed by atoms with Gasteiger partial charge in [-0.05, 0) is 30.2 Å². The van der Waals surface area contributed by atoms with Crippen molar-refractivity contribution < 1.29 is 33.3 Å². The number of halogens is 1. The second-order valence-corrected chi connectivity index (χ2v) is 9.09. The van der Waals surface area contributed by atoms with Gasteiger partial charge < -0.3 is 18.9 Å². The van der Waals surface area contributed by atoms with E-state index in [2.05, 4.69) is 15.9 Å². The molecule has 1 atom stereocenters. The Labute approximate surface area is 205 Å². The molecule has 0 amide bonds. The zero-order valence-corrected chi connectivity index (χ0v) is 20.5. The van der Waals surface area contributed by atoms with Gasteiger partial charge in [-0.1, -0.05) is 58.4 Å². The maximum absolute atomic E-state index is 13.4. The number of carbonyl (C=O) groups excluding carboxylic acids is 3. The van der Waals surface area contributed by atoms with Crippen LogP contribution in [0.2, 0.25) is 0 Å². The summed E-state index contributed by atoms with van der Waals surface area (Å²) in [6, 6.07) is 16.6. The van der Waals surface area contributed by atoms with Crippen molar-refractivity contribution in [1.82, 2.24) is 0 Å². The summed E-state index contributed by atoms with van der Waals surface area (Å²) < 4.78 is 22.5. The third kappa shape index (κ3) is 3.72. The minimum atomic E-state index is -1.73. The highest BCUT2D eigenvalue weighted by atomic mass is 79.9. The molecule has 4 rings (SSSR count). The highest BCUT2D eigenvalue weighted by molar-refractivity contribution is 9.10. The van der Waals surface area contributed by atoms with Crippen LogP contribution < -0.4 is 0 Å². The third-order valence-electron chi connectivity index (χ3n) is 6.33. The summed E-state index contributed by atoms with van der Waals surface area (Å²) in [7, 11) is 3.67. The second-order valence-electron chi connectivity index (χ2n) is 8.17. The molecule has 0 radical (unpaired) electrons. The molecule has 2 aromatic carbocycles. The molecule has 1 aliphatic carbocycles. The van der Waals surface area contributed by atoms with Gasteiger partial charge in [-0.25, -0.2) is 0 Å². The van der Waals surface area contributed by atoms with Gasteiger partial charge >= 0.3 is 17.9 Å². The van der Waals surface area contributed by atoms with Crippen LogP contribution in [-0.2, 0) is 33.3 Å². The molecule has 7 nitrogen and oxygen atoms in total. The molecular weight excluding hydrogens is 504 g/mol. The van der Waals surface area contributed by atoms with Crippen molar-refractivity contribution in [3.63, 3.8) is 0 Å². The van der Waals surface area contributed by atoms with E-state index in [4.69, 9.17) is 18.9 Å². The molecule has 34 heavy (non-hydrogen) atoms. The molecule has 0 aromatic heterocycles. The lowest BCUT2D eigenvalue weighted by Crippen LogP contribution is -2.41. The monoisotopic (exact) mass is 526 g/mol. The first kappa shape index (κ1) is 23.8. The van der Waals surface area contributed by atoms with Gasteiger partial charge in [0.1, 0.15) is 16.9 Å². The van der Waals surface area contributed by atoms with E-state index in [1.54, 1.807) is 6.08 Å². The Balaban J connectivity index is 2.02. The first-order valence-electron chi connectivity index (χ1n) is 10.5. The number of ether oxygens (including phenoxy) is 4. The largest absolute Gasteiger partial charge is 0.468 e. The number of benzene rings is 2. The molecule has 0 spiro atoms. The molecule has 1 heterocycles. The summed E-state index contributed by atoms with van der Waals surface area (Å²) in [5.74, 6) is -1.37. The second kappa shape index (κ2) is 9.10. The average Bonchev–Trinajstić information content (AvgIpc) is 3.25. The van der Waals surface area contributed by atoms with Crippen molar-refractivity contribution in [3.05, 3.63) is 81.8 Å². The zero-order chi connectivity index (χ0) is 24.5. The van der Waals surface area contributed by atoms with E-state index >= 15 is 0 Å². The van der Waals surface area contributed by atoms with E-state index in [9.17, 15) is 14.4 Å². The summed E-state index contributed by atoms with van der Waals surface area (Å²) in [6.07, 6.45) is 1.31. The molecular formula is C26H23BrO7. The number of rotatable bonds is 5. The van der Waals surface area contributed by atoms with Crippen LogP contribution in [-0.4, -0.2) is 39.2 Å². The summed E-state index contributed by atoms with van der Waals surface area (Å²) in [5.41, 5.74) is -1.31. The fraction of sp³-hybridized carbons (Fsp3) is 0.269. The van der Waals surface area contributed by atoms with E-state index in [0.717, 1.165) is 4.47 Å². The van der Waals surface area contributed by atoms with Gasteiger partial charge in [-0.2, -0.15) is 0 Å². The molecule has 1 unspecified atom stereocenters. The Bertz CT molecular complexity index is 1180. The van der Waals surface area contributed by atoms with Gasteiger partial charge in [-0.3, -0.25) is 14.4 Å². The Hall–Kier alpha value is -3.39. The highest BCUT2D eigenvalue weighted by Gasteiger charge is 2.66. The summed E-state index contributed by atoms with van der Waals surface area (Å²) in [5, 5.41) is 0. The molecule has 2 aliphatic rings. The van der Waals surface area contributed by atoms with E-state index in [-0.39, 0.29) is 12.8 Å². The van der Waals surface area contributed by atoms with Crippen LogP contribution in [0, 0.1) is 10.8 Å². The van der Waals surface area contributed by atoms with Crippen LogP contribution in [0.15, 0.2) is 70.7 Å². The van der Waals surface area contributed by atoms with Gasteiger partial charge in [-0.15, -0.1) is 0 Å². The molecule has 1 aliphatic heterocycles. The number of carbonyl (C=O) groups is 3. The number of hydrogen-bond donors (Lipinski definition) is 0. The maximum Gasteiger partial charge on any atom is 0.323 e. The zero-order valence-electron chi connectivity index (χ0n) is 18.9. The molecule has 1 saturated carbocycles. The molecule has 1 fully saturated rings. The van der Waals surface area contributed by atoms with E-state index in [1.165, 1.54) is 21.3 Å². The first-order chi connectivity index (χ1) is 16.3. The van der Waals surface area contributed by atoms with Crippen molar-refractivity contribution in [3.8, 4) is 0 Å². The topological polar surface area (TPSA) is 88.1 Å². The average molecular weight is 527 g/mol. The normalized spacial score (nSPS) is 20.5. The van der Waals surface area contributed by atoms with Crippen molar-refractivity contribution in [2.75, 3.05) is 21.3 Å². The van der Waals surface area contributed by atoms with E-state index in [0.29, 0.717) is 28.2 Å². The maximum atomic E-state index is 13.4. The van der Waals surface area contributed by atoms with Crippen LogP contribution in [0.3, 0.4) is 0 Å². The standard InChI is InChI=1S/C26H23BrO7/c1-31-22(28)25-14-20(16-9-11-18(27)12-10-16)34-21(17-7-5-4-6-8-17)19(25)13-26(15-25,23(29)32-2)24(30)33-3/h4-12,14H,13,15H2,1-3H3. The highest BCUT2D eigenvalue weighted by Crippen LogP contribution is 2.60. The van der Waals surface area contributed by atoms with Crippen molar-refractivity contribution >= 4 is 45.4 Å². The van der Waals surface area contributed by atoms with Crippen molar-refractivity contribution in [1.29, 1.82) is 0 Å². The predicted octanol–water partition coefficient (Wildman–Crippen LogP) is 4.52. The van der Waals surface area contributed by atoms with Crippen molar-refractivity contribution in [2.45, 2.75) is 12.8 Å². The van der Waals surface area contributed by atoms with Crippen LogP contribution in [0.1, 0.15) is 24.0 Å². The summed E-state index contributed by atoms with van der Waals surface area (Å²) in [6.45, 7) is 0. The molecule has 8 heteroatoms. The van der Waals surface area contributed by atoms with Crippen LogP contribution in [0.4, 0.5) is 0 Å². The lowest BCUT2D eigenvalue weighted by atomic mass is 9.76. The van der Waals surface area contributed by atoms with Crippen LogP contribution in [0.5, 0.6) is 0 Å². The lowest BCUT2D eigenvalue weighted by molar-refractivity contribution is -0.169. The lowest BCUT2D eigenvalue weighted by Gasteiger charge is -2.32.